The third-order valence-corrected chi connectivity index (χ3v) is 6.19. The SMILES string of the molecule is O=C(N[C@@H](CO)c1nc(C2=CCc3ccc(Cl)cc32)no1)c1ccc(N2CCCC2)cc1. The van der Waals surface area contributed by atoms with E-state index in [2.05, 4.69) is 20.4 Å². The highest BCUT2D eigenvalue weighted by Gasteiger charge is 2.25. The lowest BCUT2D eigenvalue weighted by atomic mass is 10.1. The molecule has 2 aromatic carbocycles. The van der Waals surface area contributed by atoms with Gasteiger partial charge in [-0.25, -0.2) is 0 Å². The van der Waals surface area contributed by atoms with Crippen LogP contribution in [0.25, 0.3) is 5.57 Å². The first kappa shape index (κ1) is 20.7. The van der Waals surface area contributed by atoms with Crippen LogP contribution >= 0.6 is 11.6 Å². The number of halogens is 1. The lowest BCUT2D eigenvalue weighted by Gasteiger charge is -2.18. The topological polar surface area (TPSA) is 91.5 Å². The number of anilines is 1. The van der Waals surface area contributed by atoms with E-state index in [4.69, 9.17) is 16.1 Å². The van der Waals surface area contributed by atoms with E-state index in [0.717, 1.165) is 41.9 Å². The van der Waals surface area contributed by atoms with Crippen LogP contribution in [0.2, 0.25) is 5.02 Å². The Labute approximate surface area is 190 Å². The van der Waals surface area contributed by atoms with Gasteiger partial charge < -0.3 is 19.8 Å². The number of aliphatic hydroxyl groups is 1. The number of amides is 1. The molecule has 1 aliphatic heterocycles. The molecule has 1 aromatic heterocycles. The molecule has 7 nitrogen and oxygen atoms in total. The molecule has 1 amide bonds. The summed E-state index contributed by atoms with van der Waals surface area (Å²) in [6, 6.07) is 12.4. The first-order chi connectivity index (χ1) is 15.6. The van der Waals surface area contributed by atoms with Crippen molar-refractivity contribution in [1.82, 2.24) is 15.5 Å². The molecule has 1 atom stereocenters. The molecule has 0 radical (unpaired) electrons. The molecule has 1 saturated heterocycles. The number of carbonyl (C=O) groups excluding carboxylic acids is 1. The number of benzene rings is 2. The number of fused-ring (bicyclic) bond motifs is 1. The molecule has 8 heteroatoms. The van der Waals surface area contributed by atoms with Gasteiger partial charge in [0.2, 0.25) is 5.82 Å². The van der Waals surface area contributed by atoms with Gasteiger partial charge in [0.1, 0.15) is 6.04 Å². The van der Waals surface area contributed by atoms with Gasteiger partial charge in [-0.2, -0.15) is 4.98 Å². The summed E-state index contributed by atoms with van der Waals surface area (Å²) in [6.45, 7) is 1.73. The molecular formula is C24H23ClN4O3. The van der Waals surface area contributed by atoms with Crippen molar-refractivity contribution in [1.29, 1.82) is 0 Å². The monoisotopic (exact) mass is 450 g/mol. The third-order valence-electron chi connectivity index (χ3n) is 5.96. The molecule has 2 heterocycles. The average Bonchev–Trinajstić information content (AvgIpc) is 3.58. The fourth-order valence-electron chi connectivity index (χ4n) is 4.22. The van der Waals surface area contributed by atoms with E-state index in [1.165, 1.54) is 12.8 Å². The largest absolute Gasteiger partial charge is 0.394 e. The van der Waals surface area contributed by atoms with Crippen LogP contribution in [-0.4, -0.2) is 40.9 Å². The van der Waals surface area contributed by atoms with Crippen molar-refractivity contribution in [3.05, 3.63) is 82.0 Å². The number of hydrogen-bond acceptors (Lipinski definition) is 6. The van der Waals surface area contributed by atoms with Gasteiger partial charge in [-0.3, -0.25) is 4.79 Å². The minimum atomic E-state index is -0.803. The number of rotatable bonds is 6. The Balaban J connectivity index is 1.29. The van der Waals surface area contributed by atoms with Crippen molar-refractivity contribution in [2.24, 2.45) is 0 Å². The number of aliphatic hydroxyl groups excluding tert-OH is 1. The molecule has 0 saturated carbocycles. The smallest absolute Gasteiger partial charge is 0.251 e. The number of nitrogens with one attached hydrogen (secondary N) is 1. The van der Waals surface area contributed by atoms with Crippen LogP contribution in [-0.2, 0) is 6.42 Å². The lowest BCUT2D eigenvalue weighted by Crippen LogP contribution is -2.31. The van der Waals surface area contributed by atoms with E-state index in [-0.39, 0.29) is 18.4 Å². The van der Waals surface area contributed by atoms with Gasteiger partial charge in [0.05, 0.1) is 6.61 Å². The fourth-order valence-corrected chi connectivity index (χ4v) is 4.40. The maximum Gasteiger partial charge on any atom is 0.251 e. The summed E-state index contributed by atoms with van der Waals surface area (Å²) in [6.07, 6.45) is 5.17. The number of allylic oxidation sites excluding steroid dienone is 1. The number of aromatic nitrogens is 2. The average molecular weight is 451 g/mol. The van der Waals surface area contributed by atoms with E-state index in [9.17, 15) is 9.90 Å². The van der Waals surface area contributed by atoms with Gasteiger partial charge >= 0.3 is 0 Å². The van der Waals surface area contributed by atoms with E-state index in [1.807, 2.05) is 36.4 Å². The maximum atomic E-state index is 12.7. The second-order valence-electron chi connectivity index (χ2n) is 8.03. The minimum Gasteiger partial charge on any atom is -0.394 e. The lowest BCUT2D eigenvalue weighted by molar-refractivity contribution is 0.0901. The highest BCUT2D eigenvalue weighted by Crippen LogP contribution is 2.33. The van der Waals surface area contributed by atoms with Crippen molar-refractivity contribution in [3.63, 3.8) is 0 Å². The molecule has 3 aromatic rings. The molecule has 164 valence electrons. The van der Waals surface area contributed by atoms with Crippen molar-refractivity contribution in [2.45, 2.75) is 25.3 Å². The molecule has 1 aliphatic carbocycles. The van der Waals surface area contributed by atoms with Crippen molar-refractivity contribution in [3.8, 4) is 0 Å². The molecule has 5 rings (SSSR count). The second-order valence-corrected chi connectivity index (χ2v) is 8.47. The zero-order valence-electron chi connectivity index (χ0n) is 17.4. The summed E-state index contributed by atoms with van der Waals surface area (Å²) < 4.78 is 5.38. The van der Waals surface area contributed by atoms with Crippen molar-refractivity contribution in [2.75, 3.05) is 24.6 Å². The summed E-state index contributed by atoms with van der Waals surface area (Å²) in [5.41, 5.74) is 4.56. The summed E-state index contributed by atoms with van der Waals surface area (Å²) in [5.74, 6) is 0.249. The van der Waals surface area contributed by atoms with Crippen LogP contribution in [0, 0.1) is 0 Å². The van der Waals surface area contributed by atoms with Gasteiger partial charge in [0, 0.05) is 34.9 Å². The summed E-state index contributed by atoms with van der Waals surface area (Å²) in [4.78, 5) is 19.5. The van der Waals surface area contributed by atoms with E-state index in [0.29, 0.717) is 16.4 Å². The molecule has 32 heavy (non-hydrogen) atoms. The van der Waals surface area contributed by atoms with Gasteiger partial charge in [-0.1, -0.05) is 28.9 Å². The van der Waals surface area contributed by atoms with Crippen molar-refractivity contribution >= 4 is 28.8 Å². The Bertz CT molecular complexity index is 1170. The van der Waals surface area contributed by atoms with E-state index < -0.39 is 6.04 Å². The van der Waals surface area contributed by atoms with Crippen LogP contribution in [0.15, 0.2) is 53.1 Å². The Morgan fingerprint density at radius 2 is 1.97 bits per heavy atom. The zero-order valence-corrected chi connectivity index (χ0v) is 18.2. The van der Waals surface area contributed by atoms with Gasteiger partial charge in [-0.05, 0) is 66.8 Å². The first-order valence-corrected chi connectivity index (χ1v) is 11.1. The van der Waals surface area contributed by atoms with E-state index in [1.54, 1.807) is 12.1 Å². The molecule has 2 N–H and O–H groups in total. The molecular weight excluding hydrogens is 428 g/mol. The zero-order chi connectivity index (χ0) is 22.1. The summed E-state index contributed by atoms with van der Waals surface area (Å²) in [7, 11) is 0. The van der Waals surface area contributed by atoms with E-state index >= 15 is 0 Å². The molecule has 1 fully saturated rings. The quantitative estimate of drug-likeness (QED) is 0.594. The van der Waals surface area contributed by atoms with Crippen molar-refractivity contribution < 1.29 is 14.4 Å². The molecule has 0 bridgehead atoms. The third kappa shape index (κ3) is 4.01. The Morgan fingerprint density at radius 1 is 1.19 bits per heavy atom. The van der Waals surface area contributed by atoms with Crippen LogP contribution in [0.4, 0.5) is 5.69 Å². The first-order valence-electron chi connectivity index (χ1n) is 10.7. The summed E-state index contributed by atoms with van der Waals surface area (Å²) in [5, 5.41) is 17.3. The minimum absolute atomic E-state index is 0.154. The molecule has 0 unspecified atom stereocenters. The van der Waals surface area contributed by atoms with Gasteiger partial charge in [0.25, 0.3) is 11.8 Å². The van der Waals surface area contributed by atoms with Crippen LogP contribution in [0.1, 0.15) is 52.1 Å². The number of hydrogen-bond donors (Lipinski definition) is 2. The number of nitrogens with zero attached hydrogens (tertiary/aromatic N) is 3. The highest BCUT2D eigenvalue weighted by atomic mass is 35.5. The predicted molar refractivity (Wildman–Crippen MR) is 122 cm³/mol. The number of carbonyl (C=O) groups is 1. The van der Waals surface area contributed by atoms with Gasteiger partial charge in [0.15, 0.2) is 0 Å². The second kappa shape index (κ2) is 8.76. The molecule has 0 spiro atoms. The molecule has 2 aliphatic rings. The van der Waals surface area contributed by atoms with Crippen LogP contribution in [0.3, 0.4) is 0 Å². The van der Waals surface area contributed by atoms with Crippen LogP contribution in [0.5, 0.6) is 0 Å². The fraction of sp³-hybridized carbons (Fsp3) is 0.292. The van der Waals surface area contributed by atoms with Gasteiger partial charge in [-0.15, -0.1) is 0 Å². The Hall–Kier alpha value is -3.16. The normalized spacial score (nSPS) is 16.1. The highest BCUT2D eigenvalue weighted by molar-refractivity contribution is 6.30. The Kier molecular flexibility index (Phi) is 5.68. The maximum absolute atomic E-state index is 12.7. The standard InChI is InChI=1S/C24H23ClN4O3/c25-17-7-3-15-6-10-19(20(15)13-17)22-27-24(32-28-22)21(14-30)26-23(31)16-4-8-18(9-5-16)29-11-1-2-12-29/h3-5,7-10,13,21,30H,1-2,6,11-12,14H2,(H,26,31)/t21-/m0/s1. The summed E-state index contributed by atoms with van der Waals surface area (Å²) >= 11 is 6.14. The Morgan fingerprint density at radius 3 is 2.72 bits per heavy atom. The van der Waals surface area contributed by atoms with Crippen LogP contribution < -0.4 is 10.2 Å². The predicted octanol–water partition coefficient (Wildman–Crippen LogP) is 3.77.